The van der Waals surface area contributed by atoms with E-state index in [1.165, 1.54) is 18.0 Å². The number of alkyl halides is 9. The third kappa shape index (κ3) is 8.56. The van der Waals surface area contributed by atoms with E-state index in [9.17, 15) is 39.5 Å². The smallest absolute Gasteiger partial charge is 0.330 e. The van der Waals surface area contributed by atoms with Gasteiger partial charge in [-0.25, -0.2) is 0 Å². The minimum absolute atomic E-state index is 0.0160. The average molecular weight is 664 g/mol. The summed E-state index contributed by atoms with van der Waals surface area (Å²) >= 11 is 0. The fraction of sp³-hybridized carbons (Fsp3) is 0.533. The van der Waals surface area contributed by atoms with E-state index < -0.39 is 41.8 Å². The number of hydrogen-bond donors (Lipinski definition) is 0. The average Bonchev–Trinajstić information content (AvgIpc) is 3.39. The van der Waals surface area contributed by atoms with Crippen LogP contribution in [0.15, 0.2) is 41.4 Å². The summed E-state index contributed by atoms with van der Waals surface area (Å²) in [6, 6.07) is 4.19. The fourth-order valence-electron chi connectivity index (χ4n) is 5.88. The third-order valence-corrected chi connectivity index (χ3v) is 7.91. The second kappa shape index (κ2) is 13.6. The van der Waals surface area contributed by atoms with Crippen LogP contribution >= 0.6 is 0 Å². The highest BCUT2D eigenvalue weighted by Gasteiger charge is 2.38. The quantitative estimate of drug-likeness (QED) is 0.175. The Morgan fingerprint density at radius 1 is 0.870 bits per heavy atom. The predicted molar refractivity (Wildman–Crippen MR) is 153 cm³/mol. The van der Waals surface area contributed by atoms with Crippen LogP contribution in [0.3, 0.4) is 0 Å². The molecule has 1 aromatic heterocycles. The number of aliphatic imine (C=N–C) groups is 1. The molecule has 7 nitrogen and oxygen atoms in total. The highest BCUT2D eigenvalue weighted by atomic mass is 19.4. The van der Waals surface area contributed by atoms with Crippen molar-refractivity contribution in [2.45, 2.75) is 64.3 Å². The van der Waals surface area contributed by atoms with Crippen molar-refractivity contribution in [1.82, 2.24) is 25.1 Å². The van der Waals surface area contributed by atoms with Gasteiger partial charge in [-0.05, 0) is 90.0 Å². The van der Waals surface area contributed by atoms with Crippen LogP contribution < -0.4 is 4.90 Å². The predicted octanol–water partition coefficient (Wildman–Crippen LogP) is 7.58. The molecule has 0 N–H and O–H groups in total. The molecule has 0 amide bonds. The second-order valence-corrected chi connectivity index (χ2v) is 11.7. The number of hydrogen-bond acceptors (Lipinski definition) is 6. The molecular formula is C30H34F9N7. The van der Waals surface area contributed by atoms with E-state index in [0.29, 0.717) is 30.8 Å². The molecule has 1 aliphatic heterocycles. The first-order chi connectivity index (χ1) is 21.4. The summed E-state index contributed by atoms with van der Waals surface area (Å²) < 4.78 is 124. The maximum atomic E-state index is 14.0. The number of benzene rings is 2. The van der Waals surface area contributed by atoms with Crippen molar-refractivity contribution in [3.63, 3.8) is 0 Å². The van der Waals surface area contributed by atoms with Gasteiger partial charge >= 0.3 is 18.5 Å². The lowest BCUT2D eigenvalue weighted by Crippen LogP contribution is -2.40. The van der Waals surface area contributed by atoms with Gasteiger partial charge in [0.1, 0.15) is 0 Å². The molecule has 252 valence electrons. The lowest BCUT2D eigenvalue weighted by atomic mass is 9.87. The summed E-state index contributed by atoms with van der Waals surface area (Å²) in [4.78, 5) is 8.55. The Morgan fingerprint density at radius 3 is 1.93 bits per heavy atom. The number of tetrazole rings is 1. The largest absolute Gasteiger partial charge is 0.416 e. The zero-order valence-corrected chi connectivity index (χ0v) is 25.5. The number of nitrogens with zero attached hydrogens (tertiary/aromatic N) is 7. The Labute approximate surface area is 260 Å². The minimum Gasteiger partial charge on any atom is -0.330 e. The Bertz CT molecular complexity index is 1470. The summed E-state index contributed by atoms with van der Waals surface area (Å²) in [5.41, 5.74) is -3.62. The minimum atomic E-state index is -5.08. The van der Waals surface area contributed by atoms with Crippen molar-refractivity contribution < 1.29 is 39.5 Å². The van der Waals surface area contributed by atoms with Crippen molar-refractivity contribution in [2.75, 3.05) is 25.0 Å². The van der Waals surface area contributed by atoms with Crippen molar-refractivity contribution in [3.8, 4) is 0 Å². The third-order valence-electron chi connectivity index (χ3n) is 7.91. The van der Waals surface area contributed by atoms with Crippen LogP contribution in [-0.2, 0) is 38.7 Å². The van der Waals surface area contributed by atoms with Gasteiger partial charge in [-0.3, -0.25) is 4.90 Å². The second-order valence-electron chi connectivity index (χ2n) is 11.7. The molecular weight excluding hydrogens is 629 g/mol. The summed E-state index contributed by atoms with van der Waals surface area (Å²) in [5, 5.41) is 11.7. The standard InChI is InChI=1S/C30H34F9N7/c1-18(2)26(45-9-7-19(8-10-45)15-40-3)25-6-5-22(28(31,32)33)13-21(25)17-46(27-41-43-44(4)42-27)16-20-11-23(29(34,35)36)14-24(12-20)30(37,38)39/h5-6,11-15,18-19,26H,7-10,16-17H2,1-4H3/t26-/m1/s1. The molecule has 0 radical (unpaired) electrons. The van der Waals surface area contributed by atoms with Gasteiger partial charge in [0.2, 0.25) is 0 Å². The summed E-state index contributed by atoms with van der Waals surface area (Å²) in [5.74, 6) is 0.0267. The molecule has 0 bridgehead atoms. The number of halogens is 9. The molecule has 0 unspecified atom stereocenters. The van der Waals surface area contributed by atoms with E-state index in [4.69, 9.17) is 0 Å². The molecule has 0 spiro atoms. The molecule has 0 aliphatic carbocycles. The Morgan fingerprint density at radius 2 is 1.46 bits per heavy atom. The van der Waals surface area contributed by atoms with Crippen LogP contribution in [-0.4, -0.2) is 51.5 Å². The maximum Gasteiger partial charge on any atom is 0.416 e. The number of rotatable bonds is 9. The van der Waals surface area contributed by atoms with Crippen LogP contribution in [0.5, 0.6) is 0 Å². The topological polar surface area (TPSA) is 62.4 Å². The van der Waals surface area contributed by atoms with Crippen molar-refractivity contribution in [3.05, 3.63) is 69.8 Å². The van der Waals surface area contributed by atoms with Crippen molar-refractivity contribution >= 4 is 12.2 Å². The molecule has 2 heterocycles. The first-order valence-corrected chi connectivity index (χ1v) is 14.5. The van der Waals surface area contributed by atoms with Gasteiger partial charge in [-0.1, -0.05) is 25.0 Å². The van der Waals surface area contributed by atoms with Gasteiger partial charge in [-0.2, -0.15) is 44.3 Å². The molecule has 0 saturated carbocycles. The number of aryl methyl sites for hydroxylation is 1. The molecule has 1 aliphatic rings. The molecule has 3 aromatic rings. The molecule has 4 rings (SSSR count). The van der Waals surface area contributed by atoms with E-state index >= 15 is 0 Å². The van der Waals surface area contributed by atoms with E-state index in [2.05, 4.69) is 25.3 Å². The Kier molecular flexibility index (Phi) is 10.4. The SMILES string of the molecule is CN=CC1CCN([C@@H](c2ccc(C(F)(F)F)cc2CN(Cc2cc(C(F)(F)F)cc(C(F)(F)F)c2)c2nnn(C)n2)C(C)C)CC1. The van der Waals surface area contributed by atoms with E-state index in [0.717, 1.165) is 29.8 Å². The van der Waals surface area contributed by atoms with Crippen LogP contribution in [0.4, 0.5) is 45.5 Å². The number of piperidine rings is 1. The fourth-order valence-corrected chi connectivity index (χ4v) is 5.88. The van der Waals surface area contributed by atoms with Gasteiger partial charge in [0.15, 0.2) is 0 Å². The van der Waals surface area contributed by atoms with Crippen LogP contribution in [0.1, 0.15) is 66.1 Å². The van der Waals surface area contributed by atoms with Gasteiger partial charge in [0.25, 0.3) is 5.95 Å². The maximum absolute atomic E-state index is 14.0. The molecule has 46 heavy (non-hydrogen) atoms. The van der Waals surface area contributed by atoms with Crippen molar-refractivity contribution in [1.29, 1.82) is 0 Å². The van der Waals surface area contributed by atoms with E-state index in [1.54, 1.807) is 7.05 Å². The zero-order chi connectivity index (χ0) is 34.0. The molecule has 16 heteroatoms. The summed E-state index contributed by atoms with van der Waals surface area (Å²) in [7, 11) is 3.09. The van der Waals surface area contributed by atoms with Gasteiger partial charge in [-0.15, -0.1) is 5.10 Å². The van der Waals surface area contributed by atoms with Crippen molar-refractivity contribution in [2.24, 2.45) is 23.9 Å². The van der Waals surface area contributed by atoms with Gasteiger partial charge < -0.3 is 9.89 Å². The summed E-state index contributed by atoms with van der Waals surface area (Å²) in [6.07, 6.45) is -11.4. The Hall–Kier alpha value is -3.69. The molecule has 1 saturated heterocycles. The molecule has 1 fully saturated rings. The van der Waals surface area contributed by atoms with Crippen LogP contribution in [0, 0.1) is 11.8 Å². The van der Waals surface area contributed by atoms with E-state index in [1.807, 2.05) is 20.1 Å². The highest BCUT2D eigenvalue weighted by molar-refractivity contribution is 5.60. The first-order valence-electron chi connectivity index (χ1n) is 14.5. The molecule has 1 atom stereocenters. The zero-order valence-electron chi connectivity index (χ0n) is 25.5. The first kappa shape index (κ1) is 35.2. The summed E-state index contributed by atoms with van der Waals surface area (Å²) in [6.45, 7) is 4.25. The van der Waals surface area contributed by atoms with Crippen LogP contribution in [0.25, 0.3) is 0 Å². The monoisotopic (exact) mass is 663 g/mol. The number of anilines is 1. The lowest BCUT2D eigenvalue weighted by molar-refractivity contribution is -0.143. The lowest BCUT2D eigenvalue weighted by Gasteiger charge is -2.40. The van der Waals surface area contributed by atoms with Crippen LogP contribution in [0.2, 0.25) is 0 Å². The normalized spacial score (nSPS) is 16.5. The number of aromatic nitrogens is 4. The highest BCUT2D eigenvalue weighted by Crippen LogP contribution is 2.40. The Balaban J connectivity index is 1.81. The van der Waals surface area contributed by atoms with Gasteiger partial charge in [0, 0.05) is 32.4 Å². The molecule has 2 aromatic carbocycles. The van der Waals surface area contributed by atoms with E-state index in [-0.39, 0.29) is 47.6 Å². The van der Waals surface area contributed by atoms with Gasteiger partial charge in [0.05, 0.1) is 23.7 Å². The number of likely N-dealkylation sites (tertiary alicyclic amines) is 1.